The molecule has 5 nitrogen and oxygen atoms in total. The lowest BCUT2D eigenvalue weighted by Crippen LogP contribution is -2.35. The van der Waals surface area contributed by atoms with E-state index in [9.17, 15) is 0 Å². The van der Waals surface area contributed by atoms with Crippen molar-refractivity contribution >= 4 is 17.0 Å². The molecule has 0 aliphatic carbocycles. The maximum absolute atomic E-state index is 6.09. The van der Waals surface area contributed by atoms with E-state index in [0.717, 1.165) is 42.0 Å². The summed E-state index contributed by atoms with van der Waals surface area (Å²) in [5.41, 5.74) is 3.21. The van der Waals surface area contributed by atoms with E-state index in [1.807, 2.05) is 60.7 Å². The first kappa shape index (κ1) is 16.9. The number of nitrogens with zero attached hydrogens (tertiary/aromatic N) is 4. The molecule has 1 saturated heterocycles. The van der Waals surface area contributed by atoms with Gasteiger partial charge in [-0.05, 0) is 30.9 Å². The van der Waals surface area contributed by atoms with E-state index in [1.54, 1.807) is 0 Å². The number of oxazole rings is 1. The van der Waals surface area contributed by atoms with E-state index in [-0.39, 0.29) is 0 Å². The molecule has 0 bridgehead atoms. The summed E-state index contributed by atoms with van der Waals surface area (Å²) in [6, 6.07) is 20.0. The maximum Gasteiger partial charge on any atom is 0.253 e. The van der Waals surface area contributed by atoms with Gasteiger partial charge in [-0.2, -0.15) is 4.98 Å². The molecule has 1 unspecified atom stereocenters. The van der Waals surface area contributed by atoms with Crippen LogP contribution in [0, 0.1) is 5.92 Å². The lowest BCUT2D eigenvalue weighted by Gasteiger charge is -2.31. The zero-order chi connectivity index (χ0) is 18.9. The monoisotopic (exact) mass is 370 g/mol. The van der Waals surface area contributed by atoms with Gasteiger partial charge < -0.3 is 9.32 Å². The predicted molar refractivity (Wildman–Crippen MR) is 111 cm³/mol. The van der Waals surface area contributed by atoms with Crippen LogP contribution >= 0.6 is 0 Å². The smallest absolute Gasteiger partial charge is 0.253 e. The van der Waals surface area contributed by atoms with Crippen molar-refractivity contribution in [2.24, 2.45) is 5.92 Å². The molecule has 5 heteroatoms. The molecule has 2 aromatic carbocycles. The van der Waals surface area contributed by atoms with Crippen molar-refractivity contribution in [3.8, 4) is 22.8 Å². The SMILES string of the molecule is CC1CCCN(c2nc(-c3ccccc3)nc3oc(-c4ccccc4)nc23)C1. The van der Waals surface area contributed by atoms with Gasteiger partial charge in [-0.3, -0.25) is 0 Å². The van der Waals surface area contributed by atoms with Crippen molar-refractivity contribution in [1.29, 1.82) is 0 Å². The number of aromatic nitrogens is 3. The van der Waals surface area contributed by atoms with Crippen molar-refractivity contribution in [3.63, 3.8) is 0 Å². The topological polar surface area (TPSA) is 55.1 Å². The summed E-state index contributed by atoms with van der Waals surface area (Å²) in [5, 5.41) is 0. The highest BCUT2D eigenvalue weighted by atomic mass is 16.4. The van der Waals surface area contributed by atoms with Crippen LogP contribution in [0.25, 0.3) is 34.1 Å². The molecular weight excluding hydrogens is 348 g/mol. The van der Waals surface area contributed by atoms with E-state index in [0.29, 0.717) is 23.3 Å². The minimum absolute atomic E-state index is 0.543. The Morgan fingerprint density at radius 3 is 2.32 bits per heavy atom. The largest absolute Gasteiger partial charge is 0.417 e. The number of benzene rings is 2. The zero-order valence-electron chi connectivity index (χ0n) is 15.9. The highest BCUT2D eigenvalue weighted by Crippen LogP contribution is 2.32. The normalized spacial score (nSPS) is 17.2. The molecule has 140 valence electrons. The van der Waals surface area contributed by atoms with Crippen molar-refractivity contribution in [2.45, 2.75) is 19.8 Å². The first-order chi connectivity index (χ1) is 13.8. The summed E-state index contributed by atoms with van der Waals surface area (Å²) in [5.74, 6) is 2.78. The predicted octanol–water partition coefficient (Wildman–Crippen LogP) is 5.19. The first-order valence-corrected chi connectivity index (χ1v) is 9.82. The number of fused-ring (bicyclic) bond motifs is 1. The molecule has 0 amide bonds. The Hall–Kier alpha value is -3.21. The summed E-state index contributed by atoms with van der Waals surface area (Å²) in [6.07, 6.45) is 2.42. The van der Waals surface area contributed by atoms with Crippen LogP contribution in [-0.2, 0) is 0 Å². The Balaban J connectivity index is 1.69. The Kier molecular flexibility index (Phi) is 4.28. The molecule has 0 saturated carbocycles. The minimum Gasteiger partial charge on any atom is -0.417 e. The minimum atomic E-state index is 0.543. The average Bonchev–Trinajstić information content (AvgIpc) is 3.18. The number of piperidine rings is 1. The van der Waals surface area contributed by atoms with E-state index >= 15 is 0 Å². The molecular formula is C23H22N4O. The zero-order valence-corrected chi connectivity index (χ0v) is 15.9. The third-order valence-corrected chi connectivity index (χ3v) is 5.25. The molecule has 1 fully saturated rings. The second kappa shape index (κ2) is 7.08. The summed E-state index contributed by atoms with van der Waals surface area (Å²) < 4.78 is 6.09. The number of rotatable bonds is 3. The second-order valence-corrected chi connectivity index (χ2v) is 7.47. The van der Waals surface area contributed by atoms with Crippen LogP contribution in [0.15, 0.2) is 65.1 Å². The number of anilines is 1. The van der Waals surface area contributed by atoms with Gasteiger partial charge in [0.1, 0.15) is 0 Å². The van der Waals surface area contributed by atoms with Crippen LogP contribution in [0.3, 0.4) is 0 Å². The lowest BCUT2D eigenvalue weighted by atomic mass is 10.0. The molecule has 0 radical (unpaired) electrons. The van der Waals surface area contributed by atoms with Crippen molar-refractivity contribution in [1.82, 2.24) is 15.0 Å². The Labute approximate surface area is 164 Å². The summed E-state index contributed by atoms with van der Waals surface area (Å²) in [4.78, 5) is 16.7. The Bertz CT molecular complexity index is 1090. The number of hydrogen-bond donors (Lipinski definition) is 0. The molecule has 2 aromatic heterocycles. The molecule has 1 aliphatic rings. The molecule has 1 atom stereocenters. The highest BCUT2D eigenvalue weighted by Gasteiger charge is 2.24. The van der Waals surface area contributed by atoms with Crippen LogP contribution in [-0.4, -0.2) is 28.0 Å². The summed E-state index contributed by atoms with van der Waals surface area (Å²) in [7, 11) is 0. The number of hydrogen-bond acceptors (Lipinski definition) is 5. The fourth-order valence-corrected chi connectivity index (χ4v) is 3.83. The van der Waals surface area contributed by atoms with E-state index in [1.165, 1.54) is 6.42 Å². The fourth-order valence-electron chi connectivity index (χ4n) is 3.83. The van der Waals surface area contributed by atoms with Gasteiger partial charge in [0.25, 0.3) is 5.71 Å². The lowest BCUT2D eigenvalue weighted by molar-refractivity contribution is 0.445. The van der Waals surface area contributed by atoms with Gasteiger partial charge in [-0.25, -0.2) is 9.97 Å². The fraction of sp³-hybridized carbons (Fsp3) is 0.261. The van der Waals surface area contributed by atoms with Crippen LogP contribution in [0.1, 0.15) is 19.8 Å². The molecule has 0 spiro atoms. The van der Waals surface area contributed by atoms with Crippen molar-refractivity contribution < 1.29 is 4.42 Å². The second-order valence-electron chi connectivity index (χ2n) is 7.47. The molecule has 0 N–H and O–H groups in total. The first-order valence-electron chi connectivity index (χ1n) is 9.82. The van der Waals surface area contributed by atoms with E-state index < -0.39 is 0 Å². The third kappa shape index (κ3) is 3.13. The van der Waals surface area contributed by atoms with Crippen molar-refractivity contribution in [2.75, 3.05) is 18.0 Å². The van der Waals surface area contributed by atoms with Crippen LogP contribution in [0.5, 0.6) is 0 Å². The molecule has 28 heavy (non-hydrogen) atoms. The van der Waals surface area contributed by atoms with Crippen LogP contribution in [0.2, 0.25) is 0 Å². The Morgan fingerprint density at radius 2 is 1.61 bits per heavy atom. The molecule has 4 aromatic rings. The van der Waals surface area contributed by atoms with E-state index in [2.05, 4.69) is 11.8 Å². The quantitative estimate of drug-likeness (QED) is 0.497. The average molecular weight is 370 g/mol. The van der Waals surface area contributed by atoms with Gasteiger partial charge in [0.05, 0.1) is 0 Å². The molecule has 1 aliphatic heterocycles. The summed E-state index contributed by atoms with van der Waals surface area (Å²) in [6.45, 7) is 4.26. The van der Waals surface area contributed by atoms with Crippen LogP contribution < -0.4 is 4.90 Å². The van der Waals surface area contributed by atoms with Crippen LogP contribution in [0.4, 0.5) is 5.82 Å². The maximum atomic E-state index is 6.09. The summed E-state index contributed by atoms with van der Waals surface area (Å²) >= 11 is 0. The molecule has 3 heterocycles. The van der Waals surface area contributed by atoms with Gasteiger partial charge in [-0.1, -0.05) is 55.5 Å². The Morgan fingerprint density at radius 1 is 0.893 bits per heavy atom. The van der Waals surface area contributed by atoms with Crippen molar-refractivity contribution in [3.05, 3.63) is 60.7 Å². The van der Waals surface area contributed by atoms with Gasteiger partial charge in [0, 0.05) is 24.2 Å². The third-order valence-electron chi connectivity index (χ3n) is 5.25. The van der Waals surface area contributed by atoms with Gasteiger partial charge in [0.15, 0.2) is 17.2 Å². The molecule has 5 rings (SSSR count). The van der Waals surface area contributed by atoms with Gasteiger partial charge in [0.2, 0.25) is 5.89 Å². The standard InChI is InChI=1S/C23H22N4O/c1-16-9-8-14-27(15-16)21-19-23(26-20(25-21)17-10-4-2-5-11-17)28-22(24-19)18-12-6-3-7-13-18/h2-7,10-13,16H,8-9,14-15H2,1H3. The highest BCUT2D eigenvalue weighted by molar-refractivity contribution is 5.86. The van der Waals surface area contributed by atoms with Gasteiger partial charge >= 0.3 is 0 Å². The van der Waals surface area contributed by atoms with Gasteiger partial charge in [-0.15, -0.1) is 0 Å². The van der Waals surface area contributed by atoms with E-state index in [4.69, 9.17) is 19.4 Å².